The summed E-state index contributed by atoms with van der Waals surface area (Å²) in [4.78, 5) is 10.8. The van der Waals surface area contributed by atoms with Crippen molar-refractivity contribution in [1.29, 1.82) is 0 Å². The molecule has 1 amide bonds. The van der Waals surface area contributed by atoms with Crippen LogP contribution in [0.1, 0.15) is 24.5 Å². The van der Waals surface area contributed by atoms with Gasteiger partial charge in [-0.15, -0.1) is 0 Å². The minimum atomic E-state index is -0.211. The van der Waals surface area contributed by atoms with Gasteiger partial charge < -0.3 is 5.73 Å². The lowest BCUT2D eigenvalue weighted by molar-refractivity contribution is -0.121. The molecule has 0 saturated heterocycles. The van der Waals surface area contributed by atoms with Crippen LogP contribution in [0.5, 0.6) is 0 Å². The molecule has 0 heterocycles. The van der Waals surface area contributed by atoms with Crippen LogP contribution in [0, 0.1) is 12.8 Å². The highest BCUT2D eigenvalue weighted by molar-refractivity contribution is 5.76. The van der Waals surface area contributed by atoms with E-state index in [2.05, 4.69) is 31.2 Å². The molecule has 1 rings (SSSR count). The normalized spacial score (nSPS) is 12.4. The van der Waals surface area contributed by atoms with Crippen LogP contribution in [-0.4, -0.2) is 5.91 Å². The molecule has 0 fully saturated rings. The lowest BCUT2D eigenvalue weighted by Crippen LogP contribution is -2.20. The summed E-state index contributed by atoms with van der Waals surface area (Å²) >= 11 is 0. The highest BCUT2D eigenvalue weighted by Gasteiger charge is 2.07. The summed E-state index contributed by atoms with van der Waals surface area (Å²) in [5.74, 6) is -0.242. The van der Waals surface area contributed by atoms with Crippen molar-refractivity contribution < 1.29 is 4.79 Å². The van der Waals surface area contributed by atoms with Crippen LogP contribution in [0.3, 0.4) is 0 Å². The standard InChI is InChI=1S/C12H17NO/c1-9-3-6-11(7-4-9)8-5-10(2)12(13)14/h3-4,6-7,10H,5,8H2,1-2H3,(H2,13,14)/t10-/m1/s1. The third-order valence-electron chi connectivity index (χ3n) is 2.47. The van der Waals surface area contributed by atoms with E-state index < -0.39 is 0 Å². The molecular formula is C12H17NO. The first-order valence-electron chi connectivity index (χ1n) is 4.94. The molecule has 2 nitrogen and oxygen atoms in total. The molecule has 0 aliphatic carbocycles. The first kappa shape index (κ1) is 10.8. The monoisotopic (exact) mass is 191 g/mol. The Bertz CT molecular complexity index is 303. The van der Waals surface area contributed by atoms with Gasteiger partial charge in [0.05, 0.1) is 0 Å². The molecule has 0 aromatic heterocycles. The second-order valence-electron chi connectivity index (χ2n) is 3.83. The average Bonchev–Trinajstić information content (AvgIpc) is 2.16. The number of hydrogen-bond donors (Lipinski definition) is 1. The van der Waals surface area contributed by atoms with E-state index >= 15 is 0 Å². The summed E-state index contributed by atoms with van der Waals surface area (Å²) in [7, 11) is 0. The van der Waals surface area contributed by atoms with Crippen molar-refractivity contribution >= 4 is 5.91 Å². The van der Waals surface area contributed by atoms with E-state index in [-0.39, 0.29) is 11.8 Å². The van der Waals surface area contributed by atoms with Crippen molar-refractivity contribution in [1.82, 2.24) is 0 Å². The molecule has 0 aliphatic heterocycles. The van der Waals surface area contributed by atoms with Crippen LogP contribution in [-0.2, 0) is 11.2 Å². The summed E-state index contributed by atoms with van der Waals surface area (Å²) in [5, 5.41) is 0. The maximum atomic E-state index is 10.8. The molecule has 14 heavy (non-hydrogen) atoms. The van der Waals surface area contributed by atoms with Gasteiger partial charge in [0, 0.05) is 5.92 Å². The van der Waals surface area contributed by atoms with E-state index in [1.807, 2.05) is 6.92 Å². The largest absolute Gasteiger partial charge is 0.369 e. The molecule has 1 atom stereocenters. The Kier molecular flexibility index (Phi) is 3.69. The number of amides is 1. The molecular weight excluding hydrogens is 174 g/mol. The van der Waals surface area contributed by atoms with Gasteiger partial charge in [-0.1, -0.05) is 36.8 Å². The van der Waals surface area contributed by atoms with Gasteiger partial charge in [0.1, 0.15) is 0 Å². The van der Waals surface area contributed by atoms with Gasteiger partial charge in [-0.2, -0.15) is 0 Å². The second-order valence-corrected chi connectivity index (χ2v) is 3.83. The molecule has 0 radical (unpaired) electrons. The fourth-order valence-electron chi connectivity index (χ4n) is 1.28. The van der Waals surface area contributed by atoms with Crippen LogP contribution in [0.15, 0.2) is 24.3 Å². The van der Waals surface area contributed by atoms with Crippen molar-refractivity contribution in [3.63, 3.8) is 0 Å². The third kappa shape index (κ3) is 3.21. The zero-order valence-electron chi connectivity index (χ0n) is 8.79. The zero-order valence-corrected chi connectivity index (χ0v) is 8.79. The number of nitrogens with two attached hydrogens (primary N) is 1. The number of aryl methyl sites for hydroxylation is 2. The molecule has 2 N–H and O–H groups in total. The summed E-state index contributed by atoms with van der Waals surface area (Å²) in [6, 6.07) is 8.38. The topological polar surface area (TPSA) is 43.1 Å². The van der Waals surface area contributed by atoms with Gasteiger partial charge in [-0.25, -0.2) is 0 Å². The summed E-state index contributed by atoms with van der Waals surface area (Å²) in [5.41, 5.74) is 7.71. The number of primary amides is 1. The van der Waals surface area contributed by atoms with Crippen LogP contribution < -0.4 is 5.73 Å². The fourth-order valence-corrected chi connectivity index (χ4v) is 1.28. The molecule has 0 spiro atoms. The van der Waals surface area contributed by atoms with Crippen molar-refractivity contribution in [3.8, 4) is 0 Å². The SMILES string of the molecule is Cc1ccc(CC[C@@H](C)C(N)=O)cc1. The number of rotatable bonds is 4. The second kappa shape index (κ2) is 4.80. The van der Waals surface area contributed by atoms with Crippen molar-refractivity contribution in [2.45, 2.75) is 26.7 Å². The highest BCUT2D eigenvalue weighted by Crippen LogP contribution is 2.10. The quantitative estimate of drug-likeness (QED) is 0.777. The Balaban J connectivity index is 2.46. The summed E-state index contributed by atoms with van der Waals surface area (Å²) in [6.45, 7) is 3.94. The molecule has 0 bridgehead atoms. The smallest absolute Gasteiger partial charge is 0.220 e. The van der Waals surface area contributed by atoms with Crippen LogP contribution in [0.25, 0.3) is 0 Å². The van der Waals surface area contributed by atoms with E-state index in [0.717, 1.165) is 12.8 Å². The maximum absolute atomic E-state index is 10.8. The lowest BCUT2D eigenvalue weighted by atomic mass is 10.0. The molecule has 0 aliphatic rings. The zero-order chi connectivity index (χ0) is 10.6. The first-order chi connectivity index (χ1) is 6.59. The molecule has 1 aromatic rings. The molecule has 0 unspecified atom stereocenters. The van der Waals surface area contributed by atoms with Crippen LogP contribution in [0.4, 0.5) is 0 Å². The van der Waals surface area contributed by atoms with Crippen molar-refractivity contribution in [2.75, 3.05) is 0 Å². The minimum absolute atomic E-state index is 0.0312. The Morgan fingerprint density at radius 1 is 1.36 bits per heavy atom. The van der Waals surface area contributed by atoms with Crippen molar-refractivity contribution in [2.24, 2.45) is 11.7 Å². The van der Waals surface area contributed by atoms with Gasteiger partial charge in [0.25, 0.3) is 0 Å². The maximum Gasteiger partial charge on any atom is 0.220 e. The first-order valence-corrected chi connectivity index (χ1v) is 4.94. The van der Waals surface area contributed by atoms with Gasteiger partial charge in [0.2, 0.25) is 5.91 Å². The number of carbonyl (C=O) groups is 1. The van der Waals surface area contributed by atoms with Gasteiger partial charge in [-0.3, -0.25) is 4.79 Å². The van der Waals surface area contributed by atoms with E-state index in [4.69, 9.17) is 5.73 Å². The predicted molar refractivity (Wildman–Crippen MR) is 57.9 cm³/mol. The molecule has 76 valence electrons. The minimum Gasteiger partial charge on any atom is -0.369 e. The van der Waals surface area contributed by atoms with Gasteiger partial charge in [-0.05, 0) is 25.3 Å². The predicted octanol–water partition coefficient (Wildman–Crippen LogP) is 2.05. The summed E-state index contributed by atoms with van der Waals surface area (Å²) < 4.78 is 0. The Hall–Kier alpha value is -1.31. The van der Waals surface area contributed by atoms with E-state index in [0.29, 0.717) is 0 Å². The number of carbonyl (C=O) groups excluding carboxylic acids is 1. The van der Waals surface area contributed by atoms with Crippen LogP contribution >= 0.6 is 0 Å². The lowest BCUT2D eigenvalue weighted by Gasteiger charge is -2.06. The van der Waals surface area contributed by atoms with Crippen molar-refractivity contribution in [3.05, 3.63) is 35.4 Å². The molecule has 2 heteroatoms. The van der Waals surface area contributed by atoms with Gasteiger partial charge >= 0.3 is 0 Å². The Labute approximate surface area is 85.1 Å². The number of hydrogen-bond acceptors (Lipinski definition) is 1. The Morgan fingerprint density at radius 3 is 2.43 bits per heavy atom. The average molecular weight is 191 g/mol. The van der Waals surface area contributed by atoms with E-state index in [1.54, 1.807) is 0 Å². The molecule has 1 aromatic carbocycles. The van der Waals surface area contributed by atoms with E-state index in [9.17, 15) is 4.79 Å². The highest BCUT2D eigenvalue weighted by atomic mass is 16.1. The number of benzene rings is 1. The van der Waals surface area contributed by atoms with E-state index in [1.165, 1.54) is 11.1 Å². The van der Waals surface area contributed by atoms with Crippen LogP contribution in [0.2, 0.25) is 0 Å². The summed E-state index contributed by atoms with van der Waals surface area (Å²) in [6.07, 6.45) is 1.75. The fraction of sp³-hybridized carbons (Fsp3) is 0.417. The van der Waals surface area contributed by atoms with Gasteiger partial charge in [0.15, 0.2) is 0 Å². The Morgan fingerprint density at radius 2 is 1.93 bits per heavy atom. The third-order valence-corrected chi connectivity index (χ3v) is 2.47. The molecule has 0 saturated carbocycles.